The largest absolute Gasteiger partial charge is 0.480 e. The van der Waals surface area contributed by atoms with Gasteiger partial charge >= 0.3 is 5.97 Å². The van der Waals surface area contributed by atoms with E-state index >= 15 is 0 Å². The summed E-state index contributed by atoms with van der Waals surface area (Å²) >= 11 is 0. The first-order chi connectivity index (χ1) is 8.56. The van der Waals surface area contributed by atoms with E-state index in [1.165, 1.54) is 17.7 Å². The molecular weight excluding hydrogens is 234 g/mol. The molecule has 2 aliphatic rings. The molecule has 5 nitrogen and oxygen atoms in total. The molecule has 0 spiro atoms. The van der Waals surface area contributed by atoms with Crippen molar-refractivity contribution in [1.29, 1.82) is 0 Å². The lowest BCUT2D eigenvalue weighted by Crippen LogP contribution is -2.52. The molecule has 0 saturated heterocycles. The summed E-state index contributed by atoms with van der Waals surface area (Å²) in [6.45, 7) is 1.74. The normalized spacial score (nSPS) is 21.2. The molecular formula is C13H21NO4. The fourth-order valence-electron chi connectivity index (χ4n) is 2.25. The number of carbonyl (C=O) groups excluding carboxylic acids is 1. The van der Waals surface area contributed by atoms with Crippen LogP contribution in [0.2, 0.25) is 0 Å². The van der Waals surface area contributed by atoms with Gasteiger partial charge in [0, 0.05) is 20.2 Å². The molecule has 0 aromatic rings. The Hall–Kier alpha value is -1.10. The zero-order chi connectivity index (χ0) is 13.2. The molecule has 0 heterocycles. The maximum atomic E-state index is 12.1. The Morgan fingerprint density at radius 2 is 2.06 bits per heavy atom. The Balaban J connectivity index is 1.74. The molecule has 5 heteroatoms. The van der Waals surface area contributed by atoms with E-state index in [9.17, 15) is 14.7 Å². The third kappa shape index (κ3) is 2.66. The van der Waals surface area contributed by atoms with Gasteiger partial charge < -0.3 is 14.7 Å². The number of carboxylic acids is 1. The number of aliphatic carboxylic acids is 1. The molecule has 1 amide bonds. The number of likely N-dealkylation sites (N-methyl/N-ethyl adjacent to an activating group) is 1. The number of carbonyl (C=O) groups is 2. The fourth-order valence-corrected chi connectivity index (χ4v) is 2.25. The second kappa shape index (κ2) is 5.26. The van der Waals surface area contributed by atoms with Gasteiger partial charge in [0.1, 0.15) is 5.41 Å². The number of amides is 1. The highest BCUT2D eigenvalue weighted by atomic mass is 16.5. The van der Waals surface area contributed by atoms with E-state index in [0.717, 1.165) is 13.0 Å². The second-order valence-corrected chi connectivity index (χ2v) is 5.49. The van der Waals surface area contributed by atoms with Crippen LogP contribution in [0, 0.1) is 11.3 Å². The van der Waals surface area contributed by atoms with Crippen LogP contribution in [-0.2, 0) is 14.3 Å². The first-order valence-corrected chi connectivity index (χ1v) is 6.63. The van der Waals surface area contributed by atoms with E-state index in [2.05, 4.69) is 0 Å². The fraction of sp³-hybridized carbons (Fsp3) is 0.846. The third-order valence-electron chi connectivity index (χ3n) is 3.99. The van der Waals surface area contributed by atoms with Crippen molar-refractivity contribution in [2.75, 3.05) is 26.8 Å². The zero-order valence-electron chi connectivity index (χ0n) is 10.9. The molecule has 102 valence electrons. The SMILES string of the molecule is CN(CCOCC1CC1)C(=O)C1(C(=O)O)CCC1. The molecule has 0 aromatic heterocycles. The molecule has 2 saturated carbocycles. The van der Waals surface area contributed by atoms with Crippen LogP contribution in [-0.4, -0.2) is 48.7 Å². The Bertz CT molecular complexity index is 334. The number of ether oxygens (including phenoxy) is 1. The monoisotopic (exact) mass is 255 g/mol. The molecule has 0 atom stereocenters. The van der Waals surface area contributed by atoms with Crippen molar-refractivity contribution >= 4 is 11.9 Å². The lowest BCUT2D eigenvalue weighted by Gasteiger charge is -2.38. The Morgan fingerprint density at radius 3 is 2.50 bits per heavy atom. The zero-order valence-corrected chi connectivity index (χ0v) is 10.9. The number of hydrogen-bond acceptors (Lipinski definition) is 3. The van der Waals surface area contributed by atoms with Crippen molar-refractivity contribution in [3.8, 4) is 0 Å². The average molecular weight is 255 g/mol. The van der Waals surface area contributed by atoms with Crippen LogP contribution in [0.25, 0.3) is 0 Å². The smallest absolute Gasteiger partial charge is 0.319 e. The third-order valence-corrected chi connectivity index (χ3v) is 3.99. The highest BCUT2D eigenvalue weighted by Gasteiger charge is 2.52. The minimum atomic E-state index is -1.15. The van der Waals surface area contributed by atoms with Gasteiger partial charge in [0.15, 0.2) is 0 Å². The van der Waals surface area contributed by atoms with Crippen molar-refractivity contribution in [3.63, 3.8) is 0 Å². The topological polar surface area (TPSA) is 66.8 Å². The lowest BCUT2D eigenvalue weighted by molar-refractivity contribution is -0.167. The molecule has 0 bridgehead atoms. The minimum absolute atomic E-state index is 0.267. The van der Waals surface area contributed by atoms with Gasteiger partial charge in [0.05, 0.1) is 6.61 Å². The predicted octanol–water partition coefficient (Wildman–Crippen LogP) is 1.13. The first kappa shape index (κ1) is 13.3. The number of rotatable bonds is 7. The van der Waals surface area contributed by atoms with Crippen LogP contribution in [0.15, 0.2) is 0 Å². The lowest BCUT2D eigenvalue weighted by atomic mass is 9.68. The van der Waals surface area contributed by atoms with Crippen LogP contribution in [0.5, 0.6) is 0 Å². The maximum Gasteiger partial charge on any atom is 0.319 e. The van der Waals surface area contributed by atoms with Crippen molar-refractivity contribution in [1.82, 2.24) is 4.90 Å². The molecule has 2 rings (SSSR count). The molecule has 18 heavy (non-hydrogen) atoms. The summed E-state index contributed by atoms with van der Waals surface area (Å²) in [4.78, 5) is 24.8. The van der Waals surface area contributed by atoms with E-state index in [1.807, 2.05) is 0 Å². The predicted molar refractivity (Wildman–Crippen MR) is 65.1 cm³/mol. The molecule has 2 aliphatic carbocycles. The van der Waals surface area contributed by atoms with Crippen LogP contribution in [0.3, 0.4) is 0 Å². The number of nitrogens with zero attached hydrogens (tertiary/aromatic N) is 1. The van der Waals surface area contributed by atoms with Gasteiger partial charge in [0.2, 0.25) is 5.91 Å². The molecule has 2 fully saturated rings. The van der Waals surface area contributed by atoms with Crippen LogP contribution in [0.4, 0.5) is 0 Å². The highest BCUT2D eigenvalue weighted by Crippen LogP contribution is 2.42. The molecule has 0 radical (unpaired) electrons. The van der Waals surface area contributed by atoms with Gasteiger partial charge in [-0.2, -0.15) is 0 Å². The van der Waals surface area contributed by atoms with E-state index in [4.69, 9.17) is 4.74 Å². The van der Waals surface area contributed by atoms with Crippen LogP contribution in [0.1, 0.15) is 32.1 Å². The standard InChI is InChI=1S/C13H21NO4/c1-14(7-8-18-9-10-3-4-10)11(15)13(12(16)17)5-2-6-13/h10H,2-9H2,1H3,(H,16,17). The number of carboxylic acid groups (broad SMARTS) is 1. The van der Waals surface area contributed by atoms with Crippen molar-refractivity contribution in [2.24, 2.45) is 11.3 Å². The summed E-state index contributed by atoms with van der Waals surface area (Å²) in [6, 6.07) is 0. The van der Waals surface area contributed by atoms with Gasteiger partial charge in [-0.3, -0.25) is 9.59 Å². The van der Waals surface area contributed by atoms with Crippen molar-refractivity contribution in [3.05, 3.63) is 0 Å². The summed E-state index contributed by atoms with van der Waals surface area (Å²) in [5, 5.41) is 9.18. The number of hydrogen-bond donors (Lipinski definition) is 1. The van der Waals surface area contributed by atoms with Gasteiger partial charge in [-0.15, -0.1) is 0 Å². The summed E-state index contributed by atoms with van der Waals surface area (Å²) < 4.78 is 5.46. The van der Waals surface area contributed by atoms with E-state index in [0.29, 0.717) is 31.9 Å². The molecule has 0 unspecified atom stereocenters. The highest BCUT2D eigenvalue weighted by molar-refractivity contribution is 6.02. The van der Waals surface area contributed by atoms with Gasteiger partial charge in [-0.1, -0.05) is 6.42 Å². The average Bonchev–Trinajstić information content (AvgIpc) is 3.05. The van der Waals surface area contributed by atoms with Crippen molar-refractivity contribution in [2.45, 2.75) is 32.1 Å². The molecule has 0 aromatic carbocycles. The van der Waals surface area contributed by atoms with Gasteiger partial charge in [0.25, 0.3) is 0 Å². The van der Waals surface area contributed by atoms with E-state index in [-0.39, 0.29) is 5.91 Å². The van der Waals surface area contributed by atoms with Crippen LogP contribution >= 0.6 is 0 Å². The first-order valence-electron chi connectivity index (χ1n) is 6.63. The van der Waals surface area contributed by atoms with Crippen LogP contribution < -0.4 is 0 Å². The van der Waals surface area contributed by atoms with Crippen molar-refractivity contribution < 1.29 is 19.4 Å². The Morgan fingerprint density at radius 1 is 1.39 bits per heavy atom. The second-order valence-electron chi connectivity index (χ2n) is 5.49. The van der Waals surface area contributed by atoms with Gasteiger partial charge in [-0.05, 0) is 31.6 Å². The summed E-state index contributed by atoms with van der Waals surface area (Å²) in [6.07, 6.45) is 4.25. The molecule has 1 N–H and O–H groups in total. The molecule has 0 aliphatic heterocycles. The maximum absolute atomic E-state index is 12.1. The summed E-state index contributed by atoms with van der Waals surface area (Å²) in [5.74, 6) is -0.538. The van der Waals surface area contributed by atoms with E-state index in [1.54, 1.807) is 7.05 Å². The minimum Gasteiger partial charge on any atom is -0.480 e. The summed E-state index contributed by atoms with van der Waals surface area (Å²) in [7, 11) is 1.66. The van der Waals surface area contributed by atoms with E-state index < -0.39 is 11.4 Å². The van der Waals surface area contributed by atoms with Gasteiger partial charge in [-0.25, -0.2) is 0 Å². The Labute approximate surface area is 107 Å². The Kier molecular flexibility index (Phi) is 3.90. The quantitative estimate of drug-likeness (QED) is 0.547. The summed E-state index contributed by atoms with van der Waals surface area (Å²) in [5.41, 5.74) is -1.15.